The first-order valence-corrected chi connectivity index (χ1v) is 10.1. The highest BCUT2D eigenvalue weighted by Crippen LogP contribution is 2.41. The van der Waals surface area contributed by atoms with E-state index in [1.165, 1.54) is 5.56 Å². The summed E-state index contributed by atoms with van der Waals surface area (Å²) in [6, 6.07) is 15.8. The molecule has 0 heterocycles. The van der Waals surface area contributed by atoms with Gasteiger partial charge in [-0.1, -0.05) is 56.0 Å². The third-order valence-electron chi connectivity index (χ3n) is 5.58. The molecule has 0 aromatic heterocycles. The Morgan fingerprint density at radius 1 is 1.14 bits per heavy atom. The lowest BCUT2D eigenvalue weighted by molar-refractivity contribution is -0.122. The van der Waals surface area contributed by atoms with Crippen LogP contribution in [0.15, 0.2) is 42.5 Å². The first-order chi connectivity index (χ1) is 13.6. The average Bonchev–Trinajstić information content (AvgIpc) is 2.73. The van der Waals surface area contributed by atoms with Crippen LogP contribution in [0.25, 0.3) is 0 Å². The van der Waals surface area contributed by atoms with Gasteiger partial charge in [0.15, 0.2) is 0 Å². The molecule has 0 unspecified atom stereocenters. The second-order valence-corrected chi connectivity index (χ2v) is 7.63. The zero-order valence-corrected chi connectivity index (χ0v) is 16.8. The third kappa shape index (κ3) is 4.20. The minimum absolute atomic E-state index is 0.0187. The van der Waals surface area contributed by atoms with Crippen molar-refractivity contribution in [2.75, 3.05) is 11.9 Å². The number of nitrogens with one attached hydrogen (secondary N) is 1. The number of nitriles is 1. The van der Waals surface area contributed by atoms with Crippen molar-refractivity contribution in [2.24, 2.45) is 0 Å². The number of ether oxygens (including phenoxy) is 1. The highest BCUT2D eigenvalue weighted by molar-refractivity contribution is 6.00. The summed E-state index contributed by atoms with van der Waals surface area (Å²) in [6.07, 6.45) is 5.81. The Morgan fingerprint density at radius 2 is 1.86 bits per heavy atom. The molecule has 1 aliphatic carbocycles. The fourth-order valence-electron chi connectivity index (χ4n) is 3.95. The van der Waals surface area contributed by atoms with Crippen LogP contribution in [0.5, 0.6) is 5.75 Å². The van der Waals surface area contributed by atoms with E-state index in [2.05, 4.69) is 42.6 Å². The Bertz CT molecular complexity index is 859. The number of rotatable bonds is 6. The topological polar surface area (TPSA) is 62.1 Å². The summed E-state index contributed by atoms with van der Waals surface area (Å²) in [6.45, 7) is 4.69. The van der Waals surface area contributed by atoms with Crippen LogP contribution >= 0.6 is 0 Å². The van der Waals surface area contributed by atoms with Crippen molar-refractivity contribution in [1.29, 1.82) is 5.26 Å². The van der Waals surface area contributed by atoms with Crippen LogP contribution < -0.4 is 10.1 Å². The first kappa shape index (κ1) is 19.9. The molecule has 28 heavy (non-hydrogen) atoms. The quantitative estimate of drug-likeness (QED) is 0.724. The lowest BCUT2D eigenvalue weighted by Gasteiger charge is -2.36. The molecule has 2 aromatic rings. The van der Waals surface area contributed by atoms with Crippen molar-refractivity contribution in [3.05, 3.63) is 59.2 Å². The van der Waals surface area contributed by atoms with Crippen molar-refractivity contribution in [1.82, 2.24) is 0 Å². The van der Waals surface area contributed by atoms with E-state index in [0.29, 0.717) is 23.6 Å². The van der Waals surface area contributed by atoms with Gasteiger partial charge in [0.2, 0.25) is 5.91 Å². The van der Waals surface area contributed by atoms with Gasteiger partial charge in [-0.3, -0.25) is 4.79 Å². The number of amides is 1. The number of hydrogen-bond donors (Lipinski definition) is 1. The Kier molecular flexibility index (Phi) is 6.36. The number of carbonyl (C=O) groups excluding carboxylic acids is 1. The molecule has 1 saturated carbocycles. The van der Waals surface area contributed by atoms with E-state index in [1.807, 2.05) is 13.0 Å². The number of aryl methyl sites for hydroxylation is 1. The maximum atomic E-state index is 13.4. The number of hydrogen-bond acceptors (Lipinski definition) is 3. The summed E-state index contributed by atoms with van der Waals surface area (Å²) < 4.78 is 5.61. The lowest BCUT2D eigenvalue weighted by atomic mass is 9.68. The summed E-state index contributed by atoms with van der Waals surface area (Å²) in [5.74, 6) is 0.636. The van der Waals surface area contributed by atoms with Crippen molar-refractivity contribution in [2.45, 2.75) is 57.8 Å². The summed E-state index contributed by atoms with van der Waals surface area (Å²) in [7, 11) is 0. The smallest absolute Gasteiger partial charge is 0.235 e. The number of carbonyl (C=O) groups is 1. The van der Waals surface area contributed by atoms with Gasteiger partial charge in [0.1, 0.15) is 11.8 Å². The molecule has 4 nitrogen and oxygen atoms in total. The molecule has 3 rings (SSSR count). The maximum Gasteiger partial charge on any atom is 0.235 e. The number of anilines is 1. The minimum atomic E-state index is -0.532. The standard InChI is InChI=1S/C24H28N2O2/c1-3-15-28-21-11-12-22(19(16-21)17-25)26-23(27)24(13-5-4-6-14-24)20-9-7-18(2)8-10-20/h7-12,16H,3-6,13-15H2,1-2H3,(H,26,27). The van der Waals surface area contributed by atoms with Crippen LogP contribution in [-0.2, 0) is 10.2 Å². The van der Waals surface area contributed by atoms with E-state index in [9.17, 15) is 10.1 Å². The summed E-state index contributed by atoms with van der Waals surface area (Å²) in [5, 5.41) is 12.6. The van der Waals surface area contributed by atoms with Gasteiger partial charge in [-0.2, -0.15) is 5.26 Å². The molecule has 4 heteroatoms. The molecule has 0 radical (unpaired) electrons. The molecule has 0 spiro atoms. The van der Waals surface area contributed by atoms with Gasteiger partial charge in [0, 0.05) is 0 Å². The predicted octanol–water partition coefficient (Wildman–Crippen LogP) is 5.50. The minimum Gasteiger partial charge on any atom is -0.494 e. The number of nitrogens with zero attached hydrogens (tertiary/aromatic N) is 1. The normalized spacial score (nSPS) is 15.5. The predicted molar refractivity (Wildman–Crippen MR) is 112 cm³/mol. The Balaban J connectivity index is 1.88. The summed E-state index contributed by atoms with van der Waals surface area (Å²) in [4.78, 5) is 13.4. The fourth-order valence-corrected chi connectivity index (χ4v) is 3.95. The second kappa shape index (κ2) is 8.93. The van der Waals surface area contributed by atoms with Gasteiger partial charge < -0.3 is 10.1 Å². The van der Waals surface area contributed by atoms with Crippen LogP contribution in [0.3, 0.4) is 0 Å². The van der Waals surface area contributed by atoms with Gasteiger partial charge >= 0.3 is 0 Å². The summed E-state index contributed by atoms with van der Waals surface area (Å²) >= 11 is 0. The van der Waals surface area contributed by atoms with Crippen LogP contribution in [-0.4, -0.2) is 12.5 Å². The van der Waals surface area contributed by atoms with Gasteiger partial charge in [-0.25, -0.2) is 0 Å². The van der Waals surface area contributed by atoms with E-state index in [-0.39, 0.29) is 5.91 Å². The maximum absolute atomic E-state index is 13.4. The van der Waals surface area contributed by atoms with Crippen molar-refractivity contribution in [3.8, 4) is 11.8 Å². The highest BCUT2D eigenvalue weighted by Gasteiger charge is 2.41. The molecule has 1 fully saturated rings. The monoisotopic (exact) mass is 376 g/mol. The molecule has 0 aliphatic heterocycles. The van der Waals surface area contributed by atoms with E-state index < -0.39 is 5.41 Å². The van der Waals surface area contributed by atoms with Crippen LogP contribution in [0.2, 0.25) is 0 Å². The van der Waals surface area contributed by atoms with Gasteiger partial charge in [0.05, 0.1) is 23.3 Å². The molecule has 2 aromatic carbocycles. The second-order valence-electron chi connectivity index (χ2n) is 7.63. The fraction of sp³-hybridized carbons (Fsp3) is 0.417. The molecule has 146 valence electrons. The number of benzene rings is 2. The van der Waals surface area contributed by atoms with Crippen LogP contribution in [0, 0.1) is 18.3 Å². The molecule has 0 bridgehead atoms. The van der Waals surface area contributed by atoms with Gasteiger partial charge in [0.25, 0.3) is 0 Å². The van der Waals surface area contributed by atoms with Crippen molar-refractivity contribution in [3.63, 3.8) is 0 Å². The Morgan fingerprint density at radius 3 is 2.50 bits per heavy atom. The zero-order valence-electron chi connectivity index (χ0n) is 16.8. The van der Waals surface area contributed by atoms with Crippen LogP contribution in [0.1, 0.15) is 62.1 Å². The Labute approximate surface area is 167 Å². The van der Waals surface area contributed by atoms with E-state index in [4.69, 9.17) is 4.74 Å². The zero-order chi connectivity index (χ0) is 20.0. The molecular formula is C24H28N2O2. The SMILES string of the molecule is CCCOc1ccc(NC(=O)C2(c3ccc(C)cc3)CCCCC2)c(C#N)c1. The summed E-state index contributed by atoms with van der Waals surface area (Å²) in [5.41, 5.74) is 2.70. The van der Waals surface area contributed by atoms with Gasteiger partial charge in [-0.05, 0) is 49.9 Å². The van der Waals surface area contributed by atoms with E-state index in [0.717, 1.165) is 44.1 Å². The largest absolute Gasteiger partial charge is 0.494 e. The molecule has 1 amide bonds. The molecule has 0 saturated heterocycles. The molecular weight excluding hydrogens is 348 g/mol. The molecule has 1 aliphatic rings. The van der Waals surface area contributed by atoms with Crippen molar-refractivity contribution >= 4 is 11.6 Å². The average molecular weight is 377 g/mol. The van der Waals surface area contributed by atoms with Crippen LogP contribution in [0.4, 0.5) is 5.69 Å². The first-order valence-electron chi connectivity index (χ1n) is 10.1. The molecule has 1 N–H and O–H groups in total. The molecule has 0 atom stereocenters. The Hall–Kier alpha value is -2.80. The third-order valence-corrected chi connectivity index (χ3v) is 5.58. The lowest BCUT2D eigenvalue weighted by Crippen LogP contribution is -2.42. The van der Waals surface area contributed by atoms with Crippen molar-refractivity contribution < 1.29 is 9.53 Å². The van der Waals surface area contributed by atoms with E-state index in [1.54, 1.807) is 12.1 Å². The van der Waals surface area contributed by atoms with Gasteiger partial charge in [-0.15, -0.1) is 0 Å². The highest BCUT2D eigenvalue weighted by atomic mass is 16.5. The van der Waals surface area contributed by atoms with E-state index >= 15 is 0 Å².